The largest absolute Gasteiger partial charge is 0.497 e. The zero-order valence-corrected chi connectivity index (χ0v) is 17.6. The second kappa shape index (κ2) is 9.59. The summed E-state index contributed by atoms with van der Waals surface area (Å²) in [6.07, 6.45) is 0. The van der Waals surface area contributed by atoms with Crippen LogP contribution in [0.3, 0.4) is 0 Å². The van der Waals surface area contributed by atoms with E-state index in [9.17, 15) is 4.79 Å². The average molecular weight is 421 g/mol. The van der Waals surface area contributed by atoms with E-state index in [2.05, 4.69) is 5.32 Å². The number of benzene rings is 3. The lowest BCUT2D eigenvalue weighted by molar-refractivity contribution is 0.214. The fraction of sp³-hybridized carbons (Fsp3) is 0.208. The van der Waals surface area contributed by atoms with Crippen molar-refractivity contribution in [3.8, 4) is 11.5 Å². The van der Waals surface area contributed by atoms with Crippen molar-refractivity contribution in [2.75, 3.05) is 24.7 Å². The van der Waals surface area contributed by atoms with Crippen LogP contribution in [-0.2, 0) is 6.61 Å². The lowest BCUT2D eigenvalue weighted by atomic mass is 10.2. The third-order valence-corrected chi connectivity index (χ3v) is 6.17. The second-order valence-electron chi connectivity index (χ2n) is 6.92. The summed E-state index contributed by atoms with van der Waals surface area (Å²) >= 11 is 1.77. The number of amides is 2. The first-order chi connectivity index (χ1) is 14.7. The predicted molar refractivity (Wildman–Crippen MR) is 121 cm³/mol. The Morgan fingerprint density at radius 1 is 1.00 bits per heavy atom. The van der Waals surface area contributed by atoms with E-state index >= 15 is 0 Å². The van der Waals surface area contributed by atoms with Crippen molar-refractivity contribution in [2.24, 2.45) is 0 Å². The van der Waals surface area contributed by atoms with Gasteiger partial charge in [-0.25, -0.2) is 4.79 Å². The molecule has 0 unspecified atom stereocenters. The number of nitrogens with one attached hydrogen (secondary N) is 1. The number of rotatable bonds is 6. The van der Waals surface area contributed by atoms with Gasteiger partial charge < -0.3 is 19.7 Å². The number of carbonyl (C=O) groups is 1. The van der Waals surface area contributed by atoms with Crippen molar-refractivity contribution in [3.05, 3.63) is 90.0 Å². The van der Waals surface area contributed by atoms with Gasteiger partial charge >= 0.3 is 6.03 Å². The Kier molecular flexibility index (Phi) is 6.44. The monoisotopic (exact) mass is 420 g/mol. The van der Waals surface area contributed by atoms with Gasteiger partial charge in [-0.1, -0.05) is 42.5 Å². The molecule has 6 heteroatoms. The Balaban J connectivity index is 1.38. The van der Waals surface area contributed by atoms with Gasteiger partial charge in [0.15, 0.2) is 0 Å². The summed E-state index contributed by atoms with van der Waals surface area (Å²) in [5.41, 5.74) is 2.98. The topological polar surface area (TPSA) is 50.8 Å². The molecular formula is C24H24N2O3S. The third-order valence-electron chi connectivity index (χ3n) is 4.91. The first-order valence-corrected chi connectivity index (χ1v) is 10.9. The lowest BCUT2D eigenvalue weighted by Gasteiger charge is -2.24. The van der Waals surface area contributed by atoms with Crippen LogP contribution in [0, 0.1) is 0 Å². The maximum Gasteiger partial charge on any atom is 0.323 e. The van der Waals surface area contributed by atoms with Gasteiger partial charge in [0, 0.05) is 18.0 Å². The summed E-state index contributed by atoms with van der Waals surface area (Å²) in [4.78, 5) is 14.7. The molecule has 1 fully saturated rings. The van der Waals surface area contributed by atoms with Crippen molar-refractivity contribution in [1.29, 1.82) is 0 Å². The van der Waals surface area contributed by atoms with E-state index < -0.39 is 0 Å². The first kappa shape index (κ1) is 20.2. The Labute approximate surface area is 181 Å². The molecule has 3 aromatic carbocycles. The van der Waals surface area contributed by atoms with Crippen LogP contribution in [0.2, 0.25) is 0 Å². The molecule has 1 saturated heterocycles. The van der Waals surface area contributed by atoms with Crippen LogP contribution in [0.1, 0.15) is 16.5 Å². The summed E-state index contributed by atoms with van der Waals surface area (Å²) in [7, 11) is 1.62. The molecule has 0 bridgehead atoms. The standard InChI is InChI=1S/C24H24N2O3S/c1-28-21-13-9-20(10-14-21)25-24(27)26-15-16-30-23(26)19-7-11-22(12-8-19)29-17-18-5-3-2-4-6-18/h2-14,23H,15-17H2,1H3,(H,25,27)/t23-/m0/s1. The number of hydrogen-bond donors (Lipinski definition) is 1. The molecule has 0 radical (unpaired) electrons. The quantitative estimate of drug-likeness (QED) is 0.568. The van der Waals surface area contributed by atoms with E-state index in [1.807, 2.05) is 83.8 Å². The average Bonchev–Trinajstić information content (AvgIpc) is 3.29. The van der Waals surface area contributed by atoms with Crippen LogP contribution in [0.4, 0.5) is 10.5 Å². The maximum atomic E-state index is 12.8. The van der Waals surface area contributed by atoms with Crippen molar-refractivity contribution in [1.82, 2.24) is 4.90 Å². The van der Waals surface area contributed by atoms with E-state index in [-0.39, 0.29) is 11.4 Å². The Hall–Kier alpha value is -3.12. The lowest BCUT2D eigenvalue weighted by Crippen LogP contribution is -2.34. The molecular weight excluding hydrogens is 396 g/mol. The van der Waals surface area contributed by atoms with Gasteiger partial charge in [-0.05, 0) is 47.5 Å². The van der Waals surface area contributed by atoms with E-state index in [0.29, 0.717) is 13.2 Å². The van der Waals surface area contributed by atoms with E-state index in [1.54, 1.807) is 18.9 Å². The smallest absolute Gasteiger partial charge is 0.323 e. The highest BCUT2D eigenvalue weighted by atomic mass is 32.2. The van der Waals surface area contributed by atoms with Crippen LogP contribution in [0.25, 0.3) is 0 Å². The molecule has 4 rings (SSSR count). The highest BCUT2D eigenvalue weighted by Crippen LogP contribution is 2.38. The molecule has 1 aliphatic heterocycles. The Bertz CT molecular complexity index is 962. The fourth-order valence-electron chi connectivity index (χ4n) is 3.29. The Morgan fingerprint density at radius 3 is 2.40 bits per heavy atom. The molecule has 1 heterocycles. The SMILES string of the molecule is COc1ccc(NC(=O)N2CCS[C@H]2c2ccc(OCc3ccccc3)cc2)cc1. The fourth-order valence-corrected chi connectivity index (χ4v) is 4.55. The number of anilines is 1. The second-order valence-corrected chi connectivity index (χ2v) is 8.11. The van der Waals surface area contributed by atoms with Crippen molar-refractivity contribution >= 4 is 23.5 Å². The number of nitrogens with zero attached hydrogens (tertiary/aromatic N) is 1. The number of methoxy groups -OCH3 is 1. The minimum atomic E-state index is -0.0976. The van der Waals surface area contributed by atoms with Crippen molar-refractivity contribution in [2.45, 2.75) is 12.0 Å². The van der Waals surface area contributed by atoms with Crippen molar-refractivity contribution in [3.63, 3.8) is 0 Å². The molecule has 0 saturated carbocycles. The minimum Gasteiger partial charge on any atom is -0.497 e. The molecule has 30 heavy (non-hydrogen) atoms. The van der Waals surface area contributed by atoms with E-state index in [4.69, 9.17) is 9.47 Å². The van der Waals surface area contributed by atoms with E-state index in [1.165, 1.54) is 0 Å². The van der Waals surface area contributed by atoms with Crippen LogP contribution in [-0.4, -0.2) is 30.3 Å². The van der Waals surface area contributed by atoms with Crippen molar-refractivity contribution < 1.29 is 14.3 Å². The van der Waals surface area contributed by atoms with Crippen LogP contribution >= 0.6 is 11.8 Å². The van der Waals surface area contributed by atoms with E-state index in [0.717, 1.165) is 34.1 Å². The van der Waals surface area contributed by atoms with Gasteiger partial charge in [-0.2, -0.15) is 0 Å². The van der Waals surface area contributed by atoms with Crippen LogP contribution < -0.4 is 14.8 Å². The molecule has 1 atom stereocenters. The first-order valence-electron chi connectivity index (χ1n) is 9.83. The van der Waals surface area contributed by atoms with Gasteiger partial charge in [-0.3, -0.25) is 0 Å². The van der Waals surface area contributed by atoms with Gasteiger partial charge in [0.2, 0.25) is 0 Å². The molecule has 2 amide bonds. The van der Waals surface area contributed by atoms with Crippen LogP contribution in [0.5, 0.6) is 11.5 Å². The minimum absolute atomic E-state index is 0.00794. The highest BCUT2D eigenvalue weighted by molar-refractivity contribution is 7.99. The number of carbonyl (C=O) groups excluding carboxylic acids is 1. The van der Waals surface area contributed by atoms with Gasteiger partial charge in [0.05, 0.1) is 7.11 Å². The summed E-state index contributed by atoms with van der Waals surface area (Å²) < 4.78 is 11.0. The number of ether oxygens (including phenoxy) is 2. The normalized spacial score (nSPS) is 15.6. The summed E-state index contributed by atoms with van der Waals surface area (Å²) in [5.74, 6) is 2.49. The molecule has 1 aliphatic rings. The molecule has 3 aromatic rings. The summed E-state index contributed by atoms with van der Waals surface area (Å²) in [5, 5.41) is 2.97. The van der Waals surface area contributed by atoms with Gasteiger partial charge in [-0.15, -0.1) is 11.8 Å². The number of urea groups is 1. The molecule has 1 N–H and O–H groups in total. The zero-order chi connectivity index (χ0) is 20.8. The van der Waals surface area contributed by atoms with Gasteiger partial charge in [0.1, 0.15) is 23.5 Å². The number of thioether (sulfide) groups is 1. The predicted octanol–water partition coefficient (Wildman–Crippen LogP) is 5.55. The molecule has 154 valence electrons. The molecule has 5 nitrogen and oxygen atoms in total. The third kappa shape index (κ3) is 4.89. The molecule has 0 aromatic heterocycles. The number of hydrogen-bond acceptors (Lipinski definition) is 4. The highest BCUT2D eigenvalue weighted by Gasteiger charge is 2.30. The molecule has 0 aliphatic carbocycles. The summed E-state index contributed by atoms with van der Waals surface area (Å²) in [6, 6.07) is 25.4. The van der Waals surface area contributed by atoms with Gasteiger partial charge in [0.25, 0.3) is 0 Å². The van der Waals surface area contributed by atoms with Crippen LogP contribution in [0.15, 0.2) is 78.9 Å². The maximum absolute atomic E-state index is 12.8. The Morgan fingerprint density at radius 2 is 1.70 bits per heavy atom. The zero-order valence-electron chi connectivity index (χ0n) is 16.8. The summed E-state index contributed by atoms with van der Waals surface area (Å²) in [6.45, 7) is 1.25. The molecule has 0 spiro atoms.